The molecule has 4 rings (SSSR count). The first-order chi connectivity index (χ1) is 13.7. The van der Waals surface area contributed by atoms with Crippen LogP contribution >= 0.6 is 0 Å². The highest BCUT2D eigenvalue weighted by atomic mass is 16.3. The molecule has 0 aromatic rings. The lowest BCUT2D eigenvalue weighted by atomic mass is 9.47. The molecule has 1 nitrogen and oxygen atoms in total. The SMILES string of the molecule is CC(C)[C@@H](C)/C=C\[C@H](C)[C@H]1CC[C@H]2C3=CC[C@H]4C[C@@H](O)CC[C@]4(C)[C@H]3CC[C@@]12C. The molecule has 3 fully saturated rings. The second-order valence-corrected chi connectivity index (χ2v) is 12.3. The molecule has 0 saturated heterocycles. The average Bonchev–Trinajstić information content (AvgIpc) is 3.03. The van der Waals surface area contributed by atoms with Gasteiger partial charge in [0.1, 0.15) is 0 Å². The van der Waals surface area contributed by atoms with Gasteiger partial charge in [-0.05, 0) is 104 Å². The fourth-order valence-corrected chi connectivity index (χ4v) is 8.10. The number of fused-ring (bicyclic) bond motifs is 5. The number of rotatable bonds is 4. The van der Waals surface area contributed by atoms with E-state index in [0.29, 0.717) is 28.6 Å². The van der Waals surface area contributed by atoms with E-state index < -0.39 is 0 Å². The van der Waals surface area contributed by atoms with Gasteiger partial charge in [-0.2, -0.15) is 0 Å². The Labute approximate surface area is 180 Å². The summed E-state index contributed by atoms with van der Waals surface area (Å²) in [7, 11) is 0. The largest absolute Gasteiger partial charge is 0.393 e. The quantitative estimate of drug-likeness (QED) is 0.489. The van der Waals surface area contributed by atoms with Gasteiger partial charge in [-0.15, -0.1) is 0 Å². The zero-order valence-corrected chi connectivity index (χ0v) is 20.0. The Hall–Kier alpha value is -0.560. The highest BCUT2D eigenvalue weighted by molar-refractivity contribution is 5.28. The molecule has 0 aromatic carbocycles. The predicted octanol–water partition coefficient (Wildman–Crippen LogP) is 7.41. The Balaban J connectivity index is 1.54. The number of allylic oxidation sites excluding steroid dienone is 4. The standard InChI is InChI=1S/C28H46O/c1-18(2)19(3)7-8-20(4)24-11-12-25-23-10-9-21-17-22(29)13-15-27(21,5)26(23)14-16-28(24,25)6/h7-8,10,18-22,24-26,29H,9,11-17H2,1-6H3/b8-7-/t19-,20-,21-,22-,24+,25-,26-,27-,28-/m0/s1. The Morgan fingerprint density at radius 1 is 0.931 bits per heavy atom. The van der Waals surface area contributed by atoms with Crippen molar-refractivity contribution >= 4 is 0 Å². The molecule has 3 saturated carbocycles. The summed E-state index contributed by atoms with van der Waals surface area (Å²) in [6, 6.07) is 0. The van der Waals surface area contributed by atoms with Crippen LogP contribution in [0.2, 0.25) is 0 Å². The van der Waals surface area contributed by atoms with Gasteiger partial charge in [0, 0.05) is 0 Å². The molecule has 29 heavy (non-hydrogen) atoms. The summed E-state index contributed by atoms with van der Waals surface area (Å²) < 4.78 is 0. The van der Waals surface area contributed by atoms with Crippen LogP contribution in [0.25, 0.3) is 0 Å². The fraction of sp³-hybridized carbons (Fsp3) is 0.857. The van der Waals surface area contributed by atoms with Gasteiger partial charge >= 0.3 is 0 Å². The molecule has 1 heteroatoms. The summed E-state index contributed by atoms with van der Waals surface area (Å²) >= 11 is 0. The third-order valence-electron chi connectivity index (χ3n) is 10.5. The van der Waals surface area contributed by atoms with Crippen molar-refractivity contribution in [2.24, 2.45) is 52.3 Å². The third kappa shape index (κ3) is 3.58. The lowest BCUT2D eigenvalue weighted by Gasteiger charge is -2.57. The van der Waals surface area contributed by atoms with E-state index in [0.717, 1.165) is 36.5 Å². The van der Waals surface area contributed by atoms with Crippen LogP contribution < -0.4 is 0 Å². The lowest BCUT2D eigenvalue weighted by Crippen LogP contribution is -2.49. The van der Waals surface area contributed by atoms with Crippen molar-refractivity contribution in [3.63, 3.8) is 0 Å². The maximum absolute atomic E-state index is 10.2. The molecule has 0 unspecified atom stereocenters. The normalized spacial score (nSPS) is 46.8. The molecule has 0 amide bonds. The summed E-state index contributed by atoms with van der Waals surface area (Å²) in [5.41, 5.74) is 2.79. The first kappa shape index (κ1) is 21.7. The molecule has 1 N–H and O–H groups in total. The van der Waals surface area contributed by atoms with E-state index in [-0.39, 0.29) is 6.10 Å². The number of aliphatic hydroxyl groups excluding tert-OH is 1. The van der Waals surface area contributed by atoms with Gasteiger partial charge in [0.25, 0.3) is 0 Å². The van der Waals surface area contributed by atoms with E-state index in [1.54, 1.807) is 0 Å². The van der Waals surface area contributed by atoms with E-state index in [1.807, 2.05) is 5.57 Å². The summed E-state index contributed by atoms with van der Waals surface area (Å²) in [6.45, 7) is 14.7. The van der Waals surface area contributed by atoms with E-state index in [9.17, 15) is 5.11 Å². The molecule has 164 valence electrons. The Morgan fingerprint density at radius 2 is 1.62 bits per heavy atom. The van der Waals surface area contributed by atoms with Gasteiger partial charge in [0.15, 0.2) is 0 Å². The molecule has 0 radical (unpaired) electrons. The predicted molar refractivity (Wildman–Crippen MR) is 124 cm³/mol. The number of hydrogen-bond donors (Lipinski definition) is 1. The highest BCUT2D eigenvalue weighted by Gasteiger charge is 2.57. The first-order valence-corrected chi connectivity index (χ1v) is 12.7. The van der Waals surface area contributed by atoms with Crippen molar-refractivity contribution in [2.45, 2.75) is 99.0 Å². The summed E-state index contributed by atoms with van der Waals surface area (Å²) in [6.07, 6.45) is 17.8. The van der Waals surface area contributed by atoms with Crippen LogP contribution in [-0.2, 0) is 0 Å². The molecular formula is C28H46O. The lowest BCUT2D eigenvalue weighted by molar-refractivity contribution is -0.0414. The minimum absolute atomic E-state index is 0.0476. The summed E-state index contributed by atoms with van der Waals surface area (Å²) in [4.78, 5) is 0. The van der Waals surface area contributed by atoms with Gasteiger partial charge in [-0.1, -0.05) is 65.3 Å². The van der Waals surface area contributed by atoms with Crippen LogP contribution in [0.4, 0.5) is 0 Å². The molecule has 0 heterocycles. The van der Waals surface area contributed by atoms with E-state index in [4.69, 9.17) is 0 Å². The minimum atomic E-state index is -0.0476. The average molecular weight is 399 g/mol. The molecule has 0 aliphatic heterocycles. The van der Waals surface area contributed by atoms with Gasteiger partial charge < -0.3 is 5.11 Å². The molecule has 9 atom stereocenters. The van der Waals surface area contributed by atoms with Gasteiger partial charge in [0.05, 0.1) is 6.10 Å². The molecule has 4 aliphatic rings. The summed E-state index contributed by atoms with van der Waals surface area (Å²) in [5.74, 6) is 5.25. The van der Waals surface area contributed by atoms with Crippen LogP contribution in [0, 0.1) is 52.3 Å². The molecule has 0 spiro atoms. The zero-order chi connectivity index (χ0) is 21.0. The van der Waals surface area contributed by atoms with E-state index in [2.05, 4.69) is 59.8 Å². The van der Waals surface area contributed by atoms with Crippen LogP contribution in [-0.4, -0.2) is 11.2 Å². The Morgan fingerprint density at radius 3 is 2.34 bits per heavy atom. The van der Waals surface area contributed by atoms with Crippen molar-refractivity contribution in [3.8, 4) is 0 Å². The fourth-order valence-electron chi connectivity index (χ4n) is 8.10. The number of aliphatic hydroxyl groups is 1. The Bertz CT molecular complexity index is 659. The van der Waals surface area contributed by atoms with Crippen LogP contribution in [0.1, 0.15) is 92.9 Å². The van der Waals surface area contributed by atoms with Gasteiger partial charge in [-0.3, -0.25) is 0 Å². The van der Waals surface area contributed by atoms with Crippen LogP contribution in [0.15, 0.2) is 23.8 Å². The second kappa shape index (κ2) is 7.85. The van der Waals surface area contributed by atoms with Gasteiger partial charge in [-0.25, -0.2) is 0 Å². The topological polar surface area (TPSA) is 20.2 Å². The molecule has 0 aromatic heterocycles. The van der Waals surface area contributed by atoms with Crippen molar-refractivity contribution in [1.82, 2.24) is 0 Å². The minimum Gasteiger partial charge on any atom is -0.393 e. The zero-order valence-electron chi connectivity index (χ0n) is 20.0. The second-order valence-electron chi connectivity index (χ2n) is 12.3. The van der Waals surface area contributed by atoms with E-state index in [1.165, 1.54) is 38.5 Å². The van der Waals surface area contributed by atoms with Crippen molar-refractivity contribution in [1.29, 1.82) is 0 Å². The highest BCUT2D eigenvalue weighted by Crippen LogP contribution is 2.66. The first-order valence-electron chi connectivity index (χ1n) is 12.7. The molecule has 4 aliphatic carbocycles. The van der Waals surface area contributed by atoms with Crippen molar-refractivity contribution < 1.29 is 5.11 Å². The van der Waals surface area contributed by atoms with Crippen LogP contribution in [0.5, 0.6) is 0 Å². The summed E-state index contributed by atoms with van der Waals surface area (Å²) in [5, 5.41) is 10.2. The van der Waals surface area contributed by atoms with E-state index >= 15 is 0 Å². The number of hydrogen-bond acceptors (Lipinski definition) is 1. The van der Waals surface area contributed by atoms with Crippen molar-refractivity contribution in [3.05, 3.63) is 23.8 Å². The maximum atomic E-state index is 10.2. The Kier molecular flexibility index (Phi) is 5.86. The van der Waals surface area contributed by atoms with Crippen LogP contribution in [0.3, 0.4) is 0 Å². The van der Waals surface area contributed by atoms with Gasteiger partial charge in [0.2, 0.25) is 0 Å². The van der Waals surface area contributed by atoms with Crippen molar-refractivity contribution in [2.75, 3.05) is 0 Å². The monoisotopic (exact) mass is 398 g/mol. The third-order valence-corrected chi connectivity index (χ3v) is 10.5. The maximum Gasteiger partial charge on any atom is 0.0543 e. The molecular weight excluding hydrogens is 352 g/mol. The molecule has 0 bridgehead atoms. The smallest absolute Gasteiger partial charge is 0.0543 e.